The number of anilines is 1. The molecule has 0 heterocycles. The summed E-state index contributed by atoms with van der Waals surface area (Å²) < 4.78 is 15.3. The van der Waals surface area contributed by atoms with Crippen LogP contribution in [0.5, 0.6) is 0 Å². The zero-order valence-corrected chi connectivity index (χ0v) is 18.5. The van der Waals surface area contributed by atoms with Gasteiger partial charge in [-0.3, -0.25) is 40.0 Å². The Morgan fingerprint density at radius 2 is 1.68 bits per heavy atom. The number of hydrogen-bond acceptors (Lipinski definition) is 12. The van der Waals surface area contributed by atoms with Crippen molar-refractivity contribution in [3.05, 3.63) is 50.3 Å². The van der Waals surface area contributed by atoms with Crippen molar-refractivity contribution < 1.29 is 38.4 Å². The number of non-ortho nitro benzene ring substituents is 1. The number of nitrogens with zero attached hydrogens (tertiary/aromatic N) is 3. The Bertz CT molecular complexity index is 1070. The Morgan fingerprint density at radius 3 is 2.24 bits per heavy atom. The van der Waals surface area contributed by atoms with Crippen LogP contribution in [-0.4, -0.2) is 46.7 Å². The van der Waals surface area contributed by atoms with Crippen LogP contribution in [0, 0.1) is 32.1 Å². The summed E-state index contributed by atoms with van der Waals surface area (Å²) in [6.45, 7) is 3.32. The summed E-state index contributed by atoms with van der Waals surface area (Å²) in [6, 6.07) is 3.01. The van der Waals surface area contributed by atoms with Crippen molar-refractivity contribution in [1.82, 2.24) is 0 Å². The lowest BCUT2D eigenvalue weighted by Gasteiger charge is -2.28. The molecule has 0 saturated carbocycles. The monoisotopic (exact) mass is 478 g/mol. The van der Waals surface area contributed by atoms with Crippen LogP contribution < -0.4 is 5.43 Å². The molecule has 1 N–H and O–H groups in total. The van der Waals surface area contributed by atoms with Gasteiger partial charge in [0, 0.05) is 39.0 Å². The number of nitro groups is 2. The molecule has 2 rings (SSSR count). The van der Waals surface area contributed by atoms with Crippen molar-refractivity contribution in [2.75, 3.05) is 18.6 Å². The maximum atomic E-state index is 11.5. The van der Waals surface area contributed by atoms with Gasteiger partial charge in [-0.05, 0) is 12.1 Å². The van der Waals surface area contributed by atoms with Crippen molar-refractivity contribution >= 4 is 40.7 Å². The number of benzene rings is 1. The quantitative estimate of drug-likeness (QED) is 0.237. The van der Waals surface area contributed by atoms with Crippen LogP contribution in [0.4, 0.5) is 17.1 Å². The highest BCUT2D eigenvalue weighted by atomic mass is 16.6. The summed E-state index contributed by atoms with van der Waals surface area (Å²) in [6.07, 6.45) is 1.58. The first kappa shape index (κ1) is 25.9. The third kappa shape index (κ3) is 7.36. The molecule has 0 fully saturated rings. The van der Waals surface area contributed by atoms with E-state index in [9.17, 15) is 34.6 Å². The van der Waals surface area contributed by atoms with E-state index in [0.717, 1.165) is 18.2 Å². The van der Waals surface area contributed by atoms with Crippen LogP contribution in [-0.2, 0) is 28.6 Å². The molecule has 1 aliphatic carbocycles. The molecule has 1 aliphatic rings. The number of carbonyl (C=O) groups excluding carboxylic acids is 3. The van der Waals surface area contributed by atoms with E-state index < -0.39 is 51.0 Å². The lowest BCUT2D eigenvalue weighted by molar-refractivity contribution is -0.393. The second kappa shape index (κ2) is 11.5. The number of carbonyl (C=O) groups is 3. The first-order chi connectivity index (χ1) is 16.0. The Hall–Kier alpha value is -4.36. The Morgan fingerprint density at radius 1 is 1.03 bits per heavy atom. The van der Waals surface area contributed by atoms with E-state index in [0.29, 0.717) is 5.71 Å². The molecule has 0 aromatic heterocycles. The van der Waals surface area contributed by atoms with Gasteiger partial charge < -0.3 is 14.2 Å². The molecular formula is C20H22N4O10. The third-order valence-electron chi connectivity index (χ3n) is 4.58. The normalized spacial score (nSPS) is 18.4. The summed E-state index contributed by atoms with van der Waals surface area (Å²) in [5.74, 6) is -2.80. The van der Waals surface area contributed by atoms with Crippen LogP contribution in [0.2, 0.25) is 0 Å². The largest absolute Gasteiger partial charge is 0.465 e. The molecule has 0 unspecified atom stereocenters. The first-order valence-corrected chi connectivity index (χ1v) is 9.90. The molecule has 1 aromatic carbocycles. The van der Waals surface area contributed by atoms with E-state index in [2.05, 4.69) is 10.5 Å². The van der Waals surface area contributed by atoms with E-state index in [4.69, 9.17) is 14.2 Å². The summed E-state index contributed by atoms with van der Waals surface area (Å²) in [7, 11) is 0. The molecule has 0 aliphatic heterocycles. The topological polar surface area (TPSA) is 190 Å². The molecule has 0 bridgehead atoms. The SMILES string of the molecule is CC(=O)OC[C@@H]1C/C(=N\Nc2ccc([N+](=O)[O-])cc2[N+](=O)[O-])[C@H](COC(C)=O)C=C1OC(C)=O. The van der Waals surface area contributed by atoms with Gasteiger partial charge >= 0.3 is 23.6 Å². The molecule has 34 heavy (non-hydrogen) atoms. The number of hydrogen-bond donors (Lipinski definition) is 1. The zero-order valence-electron chi connectivity index (χ0n) is 18.5. The Labute approximate surface area is 192 Å². The van der Waals surface area contributed by atoms with Gasteiger partial charge in [-0.25, -0.2) is 0 Å². The molecule has 0 saturated heterocycles. The van der Waals surface area contributed by atoms with Crippen LogP contribution in [0.25, 0.3) is 0 Å². The minimum Gasteiger partial charge on any atom is -0.465 e. The summed E-state index contributed by atoms with van der Waals surface area (Å²) in [4.78, 5) is 54.8. The molecule has 182 valence electrons. The number of rotatable bonds is 9. The van der Waals surface area contributed by atoms with Gasteiger partial charge in [0.1, 0.15) is 24.7 Å². The van der Waals surface area contributed by atoms with Crippen LogP contribution >= 0.6 is 0 Å². The molecule has 1 aromatic rings. The molecule has 0 amide bonds. The number of nitro benzene ring substituents is 2. The van der Waals surface area contributed by atoms with Gasteiger partial charge in [0.05, 0.1) is 27.7 Å². The first-order valence-electron chi connectivity index (χ1n) is 9.90. The standard InChI is InChI=1S/C20H22N4O10/c1-11(25)32-9-14-7-20(34-13(3)27)15(10-33-12(2)26)6-18(14)22-21-17-5-4-16(23(28)29)8-19(17)24(30)31/h4-5,7-8,14-15,21H,6,9-10H2,1-3H3/b22-18+/t14-,15-/m0/s1. The fourth-order valence-electron chi connectivity index (χ4n) is 3.07. The van der Waals surface area contributed by atoms with E-state index in [1.165, 1.54) is 26.8 Å². The van der Waals surface area contributed by atoms with Gasteiger partial charge in [0.2, 0.25) is 0 Å². The number of nitrogens with one attached hydrogen (secondary N) is 1. The van der Waals surface area contributed by atoms with Crippen LogP contribution in [0.1, 0.15) is 27.2 Å². The summed E-state index contributed by atoms with van der Waals surface area (Å²) in [5, 5.41) is 26.5. The van der Waals surface area contributed by atoms with Crippen molar-refractivity contribution in [2.45, 2.75) is 27.2 Å². The smallest absolute Gasteiger partial charge is 0.307 e. The van der Waals surface area contributed by atoms with Gasteiger partial charge in [-0.1, -0.05) is 0 Å². The highest BCUT2D eigenvalue weighted by molar-refractivity contribution is 5.91. The molecule has 14 nitrogen and oxygen atoms in total. The van der Waals surface area contributed by atoms with E-state index >= 15 is 0 Å². The highest BCUT2D eigenvalue weighted by Gasteiger charge is 2.32. The van der Waals surface area contributed by atoms with Crippen molar-refractivity contribution in [3.8, 4) is 0 Å². The average molecular weight is 478 g/mol. The lowest BCUT2D eigenvalue weighted by Crippen LogP contribution is -2.32. The van der Waals surface area contributed by atoms with E-state index in [-0.39, 0.29) is 31.1 Å². The van der Waals surface area contributed by atoms with Crippen molar-refractivity contribution in [3.63, 3.8) is 0 Å². The van der Waals surface area contributed by atoms with E-state index in [1.54, 1.807) is 0 Å². The van der Waals surface area contributed by atoms with Gasteiger partial charge in [-0.2, -0.15) is 5.10 Å². The number of ether oxygens (including phenoxy) is 3. The molecule has 14 heteroatoms. The minimum absolute atomic E-state index is 0.0894. The van der Waals surface area contributed by atoms with Gasteiger partial charge in [0.15, 0.2) is 0 Å². The molecule has 0 radical (unpaired) electrons. The van der Waals surface area contributed by atoms with Crippen molar-refractivity contribution in [1.29, 1.82) is 0 Å². The van der Waals surface area contributed by atoms with Gasteiger partial charge in [0.25, 0.3) is 5.69 Å². The fourth-order valence-corrected chi connectivity index (χ4v) is 3.07. The highest BCUT2D eigenvalue weighted by Crippen LogP contribution is 2.31. The second-order valence-electron chi connectivity index (χ2n) is 7.21. The molecule has 2 atom stereocenters. The second-order valence-corrected chi connectivity index (χ2v) is 7.21. The molecule has 0 spiro atoms. The Kier molecular flexibility index (Phi) is 8.75. The summed E-state index contributed by atoms with van der Waals surface area (Å²) in [5.41, 5.74) is 1.73. The maximum absolute atomic E-state index is 11.5. The zero-order chi connectivity index (χ0) is 25.4. The van der Waals surface area contributed by atoms with Crippen molar-refractivity contribution in [2.24, 2.45) is 16.9 Å². The average Bonchev–Trinajstić information content (AvgIpc) is 2.75. The lowest BCUT2D eigenvalue weighted by atomic mass is 9.85. The maximum Gasteiger partial charge on any atom is 0.307 e. The fraction of sp³-hybridized carbons (Fsp3) is 0.400. The van der Waals surface area contributed by atoms with Crippen LogP contribution in [0.15, 0.2) is 35.1 Å². The minimum atomic E-state index is -0.797. The number of esters is 3. The van der Waals surface area contributed by atoms with Gasteiger partial charge in [-0.15, -0.1) is 0 Å². The molecular weight excluding hydrogens is 456 g/mol. The third-order valence-corrected chi connectivity index (χ3v) is 4.58. The predicted molar refractivity (Wildman–Crippen MR) is 116 cm³/mol. The predicted octanol–water partition coefficient (Wildman–Crippen LogP) is 2.48. The number of hydrazone groups is 1. The summed E-state index contributed by atoms with van der Waals surface area (Å²) >= 11 is 0. The van der Waals surface area contributed by atoms with Crippen LogP contribution in [0.3, 0.4) is 0 Å². The Balaban J connectivity index is 2.42. The van der Waals surface area contributed by atoms with E-state index in [1.807, 2.05) is 0 Å².